The van der Waals surface area contributed by atoms with Gasteiger partial charge in [-0.25, -0.2) is 18.4 Å². The number of hydrogen-bond donors (Lipinski definition) is 1. The lowest BCUT2D eigenvalue weighted by Gasteiger charge is -2.13. The molecule has 0 radical (unpaired) electrons. The van der Waals surface area contributed by atoms with Crippen LogP contribution in [-0.2, 0) is 16.3 Å². The number of aromatic nitrogens is 2. The van der Waals surface area contributed by atoms with E-state index in [0.29, 0.717) is 18.1 Å². The minimum atomic E-state index is -2.80. The van der Waals surface area contributed by atoms with Gasteiger partial charge in [-0.05, 0) is 25.7 Å². The molecule has 1 aliphatic rings. The van der Waals surface area contributed by atoms with Crippen LogP contribution in [-0.4, -0.2) is 36.4 Å². The van der Waals surface area contributed by atoms with Gasteiger partial charge in [0, 0.05) is 18.3 Å². The Balaban J connectivity index is 2.01. The third-order valence-electron chi connectivity index (χ3n) is 3.39. The van der Waals surface area contributed by atoms with Gasteiger partial charge in [-0.2, -0.15) is 0 Å². The highest BCUT2D eigenvalue weighted by Gasteiger charge is 2.27. The Labute approximate surface area is 114 Å². The van der Waals surface area contributed by atoms with Crippen LogP contribution in [0.25, 0.3) is 0 Å². The monoisotopic (exact) mass is 283 g/mol. The van der Waals surface area contributed by atoms with E-state index in [9.17, 15) is 8.42 Å². The molecule has 0 aromatic carbocycles. The standard InChI is InChI=1S/C13H21N3O2S/c1-3-4-12-8-14-10(2)16-13(12)15-7-11-5-6-19(17,18)9-11/h8,11H,3-7,9H2,1-2H3,(H,14,15,16). The molecule has 0 bridgehead atoms. The van der Waals surface area contributed by atoms with Gasteiger partial charge in [0.15, 0.2) is 9.84 Å². The summed E-state index contributed by atoms with van der Waals surface area (Å²) in [5.41, 5.74) is 1.11. The lowest BCUT2D eigenvalue weighted by atomic mass is 10.1. The van der Waals surface area contributed by atoms with Gasteiger partial charge in [0.25, 0.3) is 0 Å². The highest BCUT2D eigenvalue weighted by Crippen LogP contribution is 2.20. The molecule has 6 heteroatoms. The number of anilines is 1. The molecule has 1 saturated heterocycles. The third kappa shape index (κ3) is 3.89. The normalized spacial score (nSPS) is 21.5. The minimum absolute atomic E-state index is 0.203. The smallest absolute Gasteiger partial charge is 0.150 e. The summed E-state index contributed by atoms with van der Waals surface area (Å²) in [5.74, 6) is 2.42. The molecule has 1 unspecified atom stereocenters. The summed E-state index contributed by atoms with van der Waals surface area (Å²) in [6.07, 6.45) is 4.59. The fourth-order valence-electron chi connectivity index (χ4n) is 2.37. The second kappa shape index (κ2) is 5.86. The highest BCUT2D eigenvalue weighted by atomic mass is 32.2. The summed E-state index contributed by atoms with van der Waals surface area (Å²) >= 11 is 0. The minimum Gasteiger partial charge on any atom is -0.369 e. The van der Waals surface area contributed by atoms with Crippen molar-refractivity contribution >= 4 is 15.7 Å². The molecule has 1 fully saturated rings. The molecule has 1 aromatic heterocycles. The molecule has 0 saturated carbocycles. The molecule has 2 heterocycles. The first-order chi connectivity index (χ1) is 9.00. The van der Waals surface area contributed by atoms with E-state index in [1.54, 1.807) is 0 Å². The molecule has 1 aromatic rings. The Morgan fingerprint density at radius 3 is 2.89 bits per heavy atom. The molecule has 0 aliphatic carbocycles. The number of nitrogens with one attached hydrogen (secondary N) is 1. The van der Waals surface area contributed by atoms with Crippen LogP contribution in [0.4, 0.5) is 5.82 Å². The van der Waals surface area contributed by atoms with Crippen LogP contribution in [0, 0.1) is 12.8 Å². The molecular weight excluding hydrogens is 262 g/mol. The van der Waals surface area contributed by atoms with Crippen LogP contribution in [0.1, 0.15) is 31.2 Å². The van der Waals surface area contributed by atoms with E-state index in [4.69, 9.17) is 0 Å². The molecule has 0 amide bonds. The molecule has 1 aliphatic heterocycles. The number of nitrogens with zero attached hydrogens (tertiary/aromatic N) is 2. The number of aryl methyl sites for hydroxylation is 2. The van der Waals surface area contributed by atoms with E-state index in [0.717, 1.165) is 36.5 Å². The number of sulfone groups is 1. The molecule has 106 valence electrons. The molecule has 2 rings (SSSR count). The average Bonchev–Trinajstić information content (AvgIpc) is 2.69. The molecule has 0 spiro atoms. The first-order valence-corrected chi connectivity index (χ1v) is 8.59. The predicted octanol–water partition coefficient (Wildman–Crippen LogP) is 1.58. The van der Waals surface area contributed by atoms with E-state index in [-0.39, 0.29) is 5.92 Å². The van der Waals surface area contributed by atoms with Crippen molar-refractivity contribution in [2.75, 3.05) is 23.4 Å². The van der Waals surface area contributed by atoms with Gasteiger partial charge in [-0.3, -0.25) is 0 Å². The second-order valence-corrected chi connectivity index (χ2v) is 7.42. The first-order valence-electron chi connectivity index (χ1n) is 6.77. The number of hydrogen-bond acceptors (Lipinski definition) is 5. The van der Waals surface area contributed by atoms with Crippen molar-refractivity contribution in [1.29, 1.82) is 0 Å². The summed E-state index contributed by atoms with van der Waals surface area (Å²) in [5, 5.41) is 3.30. The largest absolute Gasteiger partial charge is 0.369 e. The maximum absolute atomic E-state index is 11.4. The van der Waals surface area contributed by atoms with Crippen LogP contribution < -0.4 is 5.32 Å². The third-order valence-corrected chi connectivity index (χ3v) is 5.23. The topological polar surface area (TPSA) is 72.0 Å². The van der Waals surface area contributed by atoms with Gasteiger partial charge >= 0.3 is 0 Å². The lowest BCUT2D eigenvalue weighted by Crippen LogP contribution is -2.17. The maximum Gasteiger partial charge on any atom is 0.150 e. The zero-order chi connectivity index (χ0) is 13.9. The van der Waals surface area contributed by atoms with E-state index in [1.807, 2.05) is 13.1 Å². The van der Waals surface area contributed by atoms with Crippen LogP contribution in [0.3, 0.4) is 0 Å². The average molecular weight is 283 g/mol. The summed E-state index contributed by atoms with van der Waals surface area (Å²) in [6.45, 7) is 4.65. The summed E-state index contributed by atoms with van der Waals surface area (Å²) in [7, 11) is -2.80. The van der Waals surface area contributed by atoms with Crippen LogP contribution >= 0.6 is 0 Å². The molecular formula is C13H21N3O2S. The van der Waals surface area contributed by atoms with Crippen molar-refractivity contribution in [3.63, 3.8) is 0 Å². The molecule has 1 N–H and O–H groups in total. The van der Waals surface area contributed by atoms with Gasteiger partial charge in [-0.15, -0.1) is 0 Å². The van der Waals surface area contributed by atoms with Gasteiger partial charge in [0.2, 0.25) is 0 Å². The van der Waals surface area contributed by atoms with Crippen LogP contribution in [0.2, 0.25) is 0 Å². The van der Waals surface area contributed by atoms with Gasteiger partial charge in [0.05, 0.1) is 11.5 Å². The van der Waals surface area contributed by atoms with Gasteiger partial charge in [0.1, 0.15) is 11.6 Å². The number of rotatable bonds is 5. The van der Waals surface area contributed by atoms with Gasteiger partial charge < -0.3 is 5.32 Å². The fraction of sp³-hybridized carbons (Fsp3) is 0.692. The Morgan fingerprint density at radius 2 is 2.26 bits per heavy atom. The molecule has 1 atom stereocenters. The Kier molecular flexibility index (Phi) is 4.39. The van der Waals surface area contributed by atoms with Crippen molar-refractivity contribution < 1.29 is 8.42 Å². The molecule has 5 nitrogen and oxygen atoms in total. The zero-order valence-electron chi connectivity index (χ0n) is 11.5. The maximum atomic E-state index is 11.4. The van der Waals surface area contributed by atoms with E-state index in [2.05, 4.69) is 22.2 Å². The first kappa shape index (κ1) is 14.2. The zero-order valence-corrected chi connectivity index (χ0v) is 12.3. The lowest BCUT2D eigenvalue weighted by molar-refractivity contribution is 0.595. The van der Waals surface area contributed by atoms with Crippen molar-refractivity contribution in [3.8, 4) is 0 Å². The van der Waals surface area contributed by atoms with Crippen molar-refractivity contribution in [2.45, 2.75) is 33.1 Å². The van der Waals surface area contributed by atoms with E-state index in [1.165, 1.54) is 0 Å². The van der Waals surface area contributed by atoms with Gasteiger partial charge in [-0.1, -0.05) is 13.3 Å². The highest BCUT2D eigenvalue weighted by molar-refractivity contribution is 7.91. The quantitative estimate of drug-likeness (QED) is 0.888. The molecule has 19 heavy (non-hydrogen) atoms. The van der Waals surface area contributed by atoms with Crippen LogP contribution in [0.5, 0.6) is 0 Å². The Morgan fingerprint density at radius 1 is 1.47 bits per heavy atom. The van der Waals surface area contributed by atoms with Crippen LogP contribution in [0.15, 0.2) is 6.20 Å². The Hall–Kier alpha value is -1.17. The second-order valence-electron chi connectivity index (χ2n) is 5.19. The van der Waals surface area contributed by atoms with Crippen molar-refractivity contribution in [1.82, 2.24) is 9.97 Å². The van der Waals surface area contributed by atoms with Crippen molar-refractivity contribution in [2.24, 2.45) is 5.92 Å². The fourth-order valence-corrected chi connectivity index (χ4v) is 4.24. The van der Waals surface area contributed by atoms with E-state index < -0.39 is 9.84 Å². The summed E-state index contributed by atoms with van der Waals surface area (Å²) < 4.78 is 22.8. The summed E-state index contributed by atoms with van der Waals surface area (Å²) in [6, 6.07) is 0. The Bertz CT molecular complexity index is 543. The van der Waals surface area contributed by atoms with Crippen molar-refractivity contribution in [3.05, 3.63) is 17.6 Å². The van der Waals surface area contributed by atoms with E-state index >= 15 is 0 Å². The summed E-state index contributed by atoms with van der Waals surface area (Å²) in [4.78, 5) is 8.63. The SMILES string of the molecule is CCCc1cnc(C)nc1NCC1CCS(=O)(=O)C1. The predicted molar refractivity (Wildman–Crippen MR) is 76.0 cm³/mol.